The molecular weight excluding hydrogens is 150 g/mol. The van der Waals surface area contributed by atoms with Crippen molar-refractivity contribution in [2.24, 2.45) is 0 Å². The van der Waals surface area contributed by atoms with Gasteiger partial charge in [-0.15, -0.1) is 0 Å². The lowest BCUT2D eigenvalue weighted by Crippen LogP contribution is -2.40. The summed E-state index contributed by atoms with van der Waals surface area (Å²) in [4.78, 5) is 0. The average molecular weight is 171 g/mol. The van der Waals surface area contributed by atoms with Gasteiger partial charge in [-0.25, -0.2) is 0 Å². The number of nitrogens with one attached hydrogen (secondary N) is 1. The van der Waals surface area contributed by atoms with Crippen LogP contribution in [0.5, 0.6) is 0 Å². The minimum absolute atomic E-state index is 0.0592. The Morgan fingerprint density at radius 3 is 2.75 bits per heavy atom. The second kappa shape index (κ2) is 4.24. The summed E-state index contributed by atoms with van der Waals surface area (Å²) in [5.74, 6) is 0. The monoisotopic (exact) mass is 171 g/mol. The first-order valence-corrected chi connectivity index (χ1v) is 5.02. The molecule has 1 unspecified atom stereocenters. The SMILES string of the molecule is CCC(C)(C)OC1CCCNC1. The predicted molar refractivity (Wildman–Crippen MR) is 51.3 cm³/mol. The smallest absolute Gasteiger partial charge is 0.0707 e. The van der Waals surface area contributed by atoms with Gasteiger partial charge in [-0.3, -0.25) is 0 Å². The second-order valence-electron chi connectivity index (χ2n) is 4.20. The van der Waals surface area contributed by atoms with Crippen molar-refractivity contribution in [1.82, 2.24) is 5.32 Å². The molecule has 1 heterocycles. The Morgan fingerprint density at radius 2 is 2.25 bits per heavy atom. The Labute approximate surface area is 75.7 Å². The Kier molecular flexibility index (Phi) is 3.53. The summed E-state index contributed by atoms with van der Waals surface area (Å²) >= 11 is 0. The molecule has 0 spiro atoms. The lowest BCUT2D eigenvalue weighted by molar-refractivity contribution is -0.0803. The zero-order valence-corrected chi connectivity index (χ0v) is 8.52. The van der Waals surface area contributed by atoms with E-state index in [9.17, 15) is 0 Å². The Balaban J connectivity index is 2.28. The summed E-state index contributed by atoms with van der Waals surface area (Å²) in [7, 11) is 0. The van der Waals surface area contributed by atoms with Gasteiger partial charge in [0.15, 0.2) is 0 Å². The van der Waals surface area contributed by atoms with Gasteiger partial charge in [-0.2, -0.15) is 0 Å². The Bertz CT molecular complexity index is 128. The molecule has 0 aromatic rings. The van der Waals surface area contributed by atoms with Crippen LogP contribution in [0.2, 0.25) is 0 Å². The van der Waals surface area contributed by atoms with Gasteiger partial charge in [0.05, 0.1) is 11.7 Å². The molecule has 2 nitrogen and oxygen atoms in total. The lowest BCUT2D eigenvalue weighted by atomic mass is 10.0. The van der Waals surface area contributed by atoms with Crippen LogP contribution in [-0.4, -0.2) is 24.8 Å². The zero-order chi connectivity index (χ0) is 9.03. The molecule has 0 aliphatic carbocycles. The molecule has 1 saturated heterocycles. The summed E-state index contributed by atoms with van der Waals surface area (Å²) in [5, 5.41) is 3.36. The molecule has 12 heavy (non-hydrogen) atoms. The molecule has 1 aliphatic rings. The van der Waals surface area contributed by atoms with Gasteiger partial charge in [0.25, 0.3) is 0 Å². The summed E-state index contributed by atoms with van der Waals surface area (Å²) in [6.07, 6.45) is 4.00. The van der Waals surface area contributed by atoms with Crippen LogP contribution in [0.25, 0.3) is 0 Å². The number of ether oxygens (including phenoxy) is 1. The third-order valence-electron chi connectivity index (χ3n) is 2.59. The van der Waals surface area contributed by atoms with Crippen molar-refractivity contribution >= 4 is 0 Å². The number of hydrogen-bond donors (Lipinski definition) is 1. The Hall–Kier alpha value is -0.0800. The number of rotatable bonds is 3. The van der Waals surface area contributed by atoms with Crippen molar-refractivity contribution < 1.29 is 4.74 Å². The first-order valence-electron chi connectivity index (χ1n) is 5.02. The van der Waals surface area contributed by atoms with Crippen LogP contribution < -0.4 is 5.32 Å². The van der Waals surface area contributed by atoms with Crippen LogP contribution in [0.4, 0.5) is 0 Å². The van der Waals surface area contributed by atoms with E-state index >= 15 is 0 Å². The molecule has 2 heteroatoms. The molecule has 1 N–H and O–H groups in total. The van der Waals surface area contributed by atoms with Gasteiger partial charge in [0.1, 0.15) is 0 Å². The number of hydrogen-bond acceptors (Lipinski definition) is 2. The molecule has 0 saturated carbocycles. The van der Waals surface area contributed by atoms with E-state index < -0.39 is 0 Å². The molecule has 1 fully saturated rings. The molecule has 1 aliphatic heterocycles. The summed E-state index contributed by atoms with van der Waals surface area (Å²) in [6, 6.07) is 0. The molecule has 72 valence electrons. The van der Waals surface area contributed by atoms with Crippen molar-refractivity contribution in [2.45, 2.75) is 51.7 Å². The lowest BCUT2D eigenvalue weighted by Gasteiger charge is -2.32. The number of piperidine rings is 1. The fourth-order valence-electron chi connectivity index (χ4n) is 1.45. The maximum atomic E-state index is 5.97. The summed E-state index contributed by atoms with van der Waals surface area (Å²) in [6.45, 7) is 8.70. The van der Waals surface area contributed by atoms with E-state index in [-0.39, 0.29) is 5.60 Å². The highest BCUT2D eigenvalue weighted by atomic mass is 16.5. The predicted octanol–water partition coefficient (Wildman–Crippen LogP) is 1.94. The standard InChI is InChI=1S/C10H21NO/c1-4-10(2,3)12-9-6-5-7-11-8-9/h9,11H,4-8H2,1-3H3. The van der Waals surface area contributed by atoms with Gasteiger partial charge in [-0.1, -0.05) is 6.92 Å². The third kappa shape index (κ3) is 3.11. The minimum atomic E-state index is 0.0592. The van der Waals surface area contributed by atoms with E-state index in [1.165, 1.54) is 12.8 Å². The molecule has 1 rings (SSSR count). The normalized spacial score (nSPS) is 25.8. The molecule has 0 amide bonds. The van der Waals surface area contributed by atoms with Crippen LogP contribution in [0.15, 0.2) is 0 Å². The molecule has 0 aromatic heterocycles. The van der Waals surface area contributed by atoms with Crippen molar-refractivity contribution in [1.29, 1.82) is 0 Å². The van der Waals surface area contributed by atoms with E-state index in [0.717, 1.165) is 19.5 Å². The van der Waals surface area contributed by atoms with Gasteiger partial charge in [0, 0.05) is 6.54 Å². The van der Waals surface area contributed by atoms with Gasteiger partial charge in [-0.05, 0) is 39.7 Å². The highest BCUT2D eigenvalue weighted by Crippen LogP contribution is 2.19. The van der Waals surface area contributed by atoms with Crippen LogP contribution >= 0.6 is 0 Å². The largest absolute Gasteiger partial charge is 0.371 e. The molecule has 1 atom stereocenters. The van der Waals surface area contributed by atoms with Crippen molar-refractivity contribution in [3.8, 4) is 0 Å². The van der Waals surface area contributed by atoms with E-state index in [2.05, 4.69) is 26.1 Å². The van der Waals surface area contributed by atoms with E-state index in [0.29, 0.717) is 6.10 Å². The maximum absolute atomic E-state index is 5.97. The van der Waals surface area contributed by atoms with Crippen LogP contribution in [0, 0.1) is 0 Å². The van der Waals surface area contributed by atoms with Crippen molar-refractivity contribution in [3.63, 3.8) is 0 Å². The second-order valence-corrected chi connectivity index (χ2v) is 4.20. The van der Waals surface area contributed by atoms with Crippen LogP contribution in [-0.2, 0) is 4.74 Å². The third-order valence-corrected chi connectivity index (χ3v) is 2.59. The highest BCUT2D eigenvalue weighted by Gasteiger charge is 2.22. The van der Waals surface area contributed by atoms with Gasteiger partial charge in [0.2, 0.25) is 0 Å². The molecule has 0 bridgehead atoms. The summed E-state index contributed by atoms with van der Waals surface area (Å²) in [5.41, 5.74) is 0.0592. The molecule has 0 aromatic carbocycles. The average Bonchev–Trinajstić information content (AvgIpc) is 2.06. The fraction of sp³-hybridized carbons (Fsp3) is 1.00. The maximum Gasteiger partial charge on any atom is 0.0707 e. The Morgan fingerprint density at radius 1 is 1.50 bits per heavy atom. The van der Waals surface area contributed by atoms with E-state index in [4.69, 9.17) is 4.74 Å². The fourth-order valence-corrected chi connectivity index (χ4v) is 1.45. The van der Waals surface area contributed by atoms with Crippen molar-refractivity contribution in [2.75, 3.05) is 13.1 Å². The molecular formula is C10H21NO. The zero-order valence-electron chi connectivity index (χ0n) is 8.52. The highest BCUT2D eigenvalue weighted by molar-refractivity contribution is 4.74. The minimum Gasteiger partial charge on any atom is -0.371 e. The molecule has 0 radical (unpaired) electrons. The van der Waals surface area contributed by atoms with Crippen molar-refractivity contribution in [3.05, 3.63) is 0 Å². The van der Waals surface area contributed by atoms with Crippen LogP contribution in [0.1, 0.15) is 40.0 Å². The van der Waals surface area contributed by atoms with Gasteiger partial charge >= 0.3 is 0 Å². The van der Waals surface area contributed by atoms with E-state index in [1.54, 1.807) is 0 Å². The first-order chi connectivity index (χ1) is 5.64. The van der Waals surface area contributed by atoms with Crippen LogP contribution in [0.3, 0.4) is 0 Å². The first kappa shape index (κ1) is 10.0. The summed E-state index contributed by atoms with van der Waals surface area (Å²) < 4.78 is 5.97. The van der Waals surface area contributed by atoms with E-state index in [1.807, 2.05) is 0 Å². The quantitative estimate of drug-likeness (QED) is 0.700. The topological polar surface area (TPSA) is 21.3 Å². The van der Waals surface area contributed by atoms with Gasteiger partial charge < -0.3 is 10.1 Å².